The molecule has 1 aliphatic rings. The maximum Gasteiger partial charge on any atom is 0.573 e. The molecule has 5 rings (SSSR count). The van der Waals surface area contributed by atoms with Gasteiger partial charge in [0.25, 0.3) is 5.91 Å². The molecule has 0 saturated heterocycles. The summed E-state index contributed by atoms with van der Waals surface area (Å²) in [6.45, 7) is 0. The molecule has 9 nitrogen and oxygen atoms in total. The molecule has 1 amide bonds. The Morgan fingerprint density at radius 2 is 1.69 bits per heavy atom. The molecule has 42 heavy (non-hydrogen) atoms. The highest BCUT2D eigenvalue weighted by molar-refractivity contribution is 5.98. The van der Waals surface area contributed by atoms with Crippen molar-refractivity contribution in [2.75, 3.05) is 21.3 Å². The van der Waals surface area contributed by atoms with E-state index in [-0.39, 0.29) is 23.2 Å². The van der Waals surface area contributed by atoms with E-state index in [2.05, 4.69) is 15.0 Å². The number of benzene rings is 2. The van der Waals surface area contributed by atoms with Gasteiger partial charge in [-0.05, 0) is 54.8 Å². The molecule has 1 fully saturated rings. The van der Waals surface area contributed by atoms with Crippen molar-refractivity contribution >= 4 is 17.0 Å². The van der Waals surface area contributed by atoms with Gasteiger partial charge in [-0.15, -0.1) is 13.2 Å². The summed E-state index contributed by atoms with van der Waals surface area (Å²) in [6.07, 6.45) is -0.135. The minimum absolute atomic E-state index is 0.00843. The van der Waals surface area contributed by atoms with Crippen LogP contribution in [0.3, 0.4) is 0 Å². The fourth-order valence-corrected chi connectivity index (χ4v) is 5.20. The number of alkyl halides is 3. The van der Waals surface area contributed by atoms with E-state index in [0.717, 1.165) is 25.3 Å². The lowest BCUT2D eigenvalue weighted by molar-refractivity contribution is -0.274. The van der Waals surface area contributed by atoms with Crippen molar-refractivity contribution in [2.45, 2.75) is 44.1 Å². The molecule has 0 unspecified atom stereocenters. The van der Waals surface area contributed by atoms with Crippen LogP contribution in [0.5, 0.6) is 23.0 Å². The van der Waals surface area contributed by atoms with Gasteiger partial charge in [-0.1, -0.05) is 12.8 Å². The molecule has 1 saturated carbocycles. The average Bonchev–Trinajstić information content (AvgIpc) is 3.41. The first-order valence-electron chi connectivity index (χ1n) is 13.3. The van der Waals surface area contributed by atoms with Crippen molar-refractivity contribution in [1.82, 2.24) is 10.3 Å². The standard InChI is InChI=1S/C30H30F3N3O6/c1-38-25-13-17(14-26(39-2)28(25)40-3)24-15-23-27(41-24)20(8-9-35-23)16-10-18(12-19(11-16)42-30(31,32)33)29(37)36-22-7-5-4-6-21(22)34/h8-15,21-22H,4-7,34H2,1-3H3,(H,36,37)/t21-,22+/m0/s1. The largest absolute Gasteiger partial charge is 0.573 e. The Balaban J connectivity index is 1.58. The van der Waals surface area contributed by atoms with Gasteiger partial charge in [0.1, 0.15) is 17.0 Å². The molecule has 0 aliphatic heterocycles. The number of carbonyl (C=O) groups is 1. The predicted molar refractivity (Wildman–Crippen MR) is 149 cm³/mol. The zero-order chi connectivity index (χ0) is 30.0. The minimum atomic E-state index is -4.96. The first-order chi connectivity index (χ1) is 20.1. The molecular formula is C30H30F3N3O6. The van der Waals surface area contributed by atoms with E-state index in [1.54, 1.807) is 24.3 Å². The molecular weight excluding hydrogens is 555 g/mol. The topological polar surface area (TPSA) is 118 Å². The number of nitrogens with zero attached hydrogens (tertiary/aromatic N) is 1. The van der Waals surface area contributed by atoms with E-state index >= 15 is 0 Å². The lowest BCUT2D eigenvalue weighted by Gasteiger charge is -2.29. The number of halogens is 3. The SMILES string of the molecule is COc1cc(-c2cc3nccc(-c4cc(OC(F)(F)F)cc(C(=O)N[C@@H]5CCCC[C@@H]5N)c4)c3o2)cc(OC)c1OC. The molecule has 2 aromatic carbocycles. The van der Waals surface area contributed by atoms with Crippen molar-refractivity contribution in [3.63, 3.8) is 0 Å². The summed E-state index contributed by atoms with van der Waals surface area (Å²) >= 11 is 0. The summed E-state index contributed by atoms with van der Waals surface area (Å²) in [5.74, 6) is 0.529. The van der Waals surface area contributed by atoms with E-state index in [1.165, 1.54) is 39.7 Å². The number of hydrogen-bond donors (Lipinski definition) is 2. The normalized spacial score (nSPS) is 17.1. The third-order valence-corrected chi connectivity index (χ3v) is 7.21. The summed E-state index contributed by atoms with van der Waals surface area (Å²) in [5, 5.41) is 2.88. The third-order valence-electron chi connectivity index (χ3n) is 7.21. The van der Waals surface area contributed by atoms with Crippen molar-refractivity contribution in [3.8, 4) is 45.4 Å². The molecule has 3 N–H and O–H groups in total. The number of hydrogen-bond acceptors (Lipinski definition) is 8. The summed E-state index contributed by atoms with van der Waals surface area (Å²) in [7, 11) is 4.47. The van der Waals surface area contributed by atoms with Crippen LogP contribution in [0.4, 0.5) is 13.2 Å². The summed E-state index contributed by atoms with van der Waals surface area (Å²) in [6, 6.07) is 9.93. The number of nitrogens with two attached hydrogens (primary N) is 1. The number of aromatic nitrogens is 1. The van der Waals surface area contributed by atoms with Crippen LogP contribution in [0, 0.1) is 0 Å². The Hall–Kier alpha value is -4.45. The first kappa shape index (κ1) is 29.1. The van der Waals surface area contributed by atoms with Gasteiger partial charge in [-0.2, -0.15) is 0 Å². The van der Waals surface area contributed by atoms with Crippen LogP contribution < -0.4 is 30.0 Å². The monoisotopic (exact) mass is 585 g/mol. The molecule has 2 aromatic heterocycles. The van der Waals surface area contributed by atoms with Crippen LogP contribution in [0.2, 0.25) is 0 Å². The van der Waals surface area contributed by atoms with Gasteiger partial charge in [0, 0.05) is 41.0 Å². The first-order valence-corrected chi connectivity index (χ1v) is 13.3. The maximum atomic E-state index is 13.3. The number of methoxy groups -OCH3 is 3. The van der Waals surface area contributed by atoms with Crippen LogP contribution in [-0.4, -0.2) is 50.7 Å². The van der Waals surface area contributed by atoms with Gasteiger partial charge in [0.2, 0.25) is 5.75 Å². The molecule has 0 spiro atoms. The molecule has 0 bridgehead atoms. The second kappa shape index (κ2) is 11.8. The van der Waals surface area contributed by atoms with Crippen molar-refractivity contribution < 1.29 is 41.3 Å². The second-order valence-corrected chi connectivity index (χ2v) is 9.92. The molecule has 1 aliphatic carbocycles. The molecule has 12 heteroatoms. The van der Waals surface area contributed by atoms with Crippen molar-refractivity contribution in [1.29, 1.82) is 0 Å². The fourth-order valence-electron chi connectivity index (χ4n) is 5.20. The third kappa shape index (κ3) is 6.08. The van der Waals surface area contributed by atoms with E-state index in [4.69, 9.17) is 24.4 Å². The molecule has 2 heterocycles. The predicted octanol–water partition coefficient (Wildman–Crippen LogP) is 6.09. The van der Waals surface area contributed by atoms with E-state index in [9.17, 15) is 18.0 Å². The van der Waals surface area contributed by atoms with Crippen LogP contribution in [0.15, 0.2) is 53.1 Å². The minimum Gasteiger partial charge on any atom is -0.493 e. The number of fused-ring (bicyclic) bond motifs is 1. The highest BCUT2D eigenvalue weighted by atomic mass is 19.4. The number of carbonyl (C=O) groups excluding carboxylic acids is 1. The van der Waals surface area contributed by atoms with Crippen molar-refractivity contribution in [2.24, 2.45) is 5.73 Å². The lowest BCUT2D eigenvalue weighted by atomic mass is 9.90. The quantitative estimate of drug-likeness (QED) is 0.255. The molecule has 2 atom stereocenters. The summed E-state index contributed by atoms with van der Waals surface area (Å²) < 4.78 is 66.5. The van der Waals surface area contributed by atoms with Gasteiger partial charge >= 0.3 is 6.36 Å². The second-order valence-electron chi connectivity index (χ2n) is 9.92. The number of furan rings is 1. The van der Waals surface area contributed by atoms with E-state index in [1.807, 2.05) is 0 Å². The van der Waals surface area contributed by atoms with Gasteiger partial charge in [-0.3, -0.25) is 9.78 Å². The number of rotatable bonds is 8. The van der Waals surface area contributed by atoms with Crippen LogP contribution in [0.25, 0.3) is 33.6 Å². The number of pyridine rings is 1. The summed E-state index contributed by atoms with van der Waals surface area (Å²) in [5.41, 5.74) is 8.18. The highest BCUT2D eigenvalue weighted by Gasteiger charge is 2.32. The smallest absolute Gasteiger partial charge is 0.493 e. The Kier molecular flexibility index (Phi) is 8.17. The van der Waals surface area contributed by atoms with Gasteiger partial charge in [-0.25, -0.2) is 0 Å². The Morgan fingerprint density at radius 3 is 2.33 bits per heavy atom. The van der Waals surface area contributed by atoms with E-state index in [0.29, 0.717) is 51.7 Å². The molecule has 222 valence electrons. The number of ether oxygens (including phenoxy) is 4. The van der Waals surface area contributed by atoms with Crippen LogP contribution >= 0.6 is 0 Å². The number of nitrogens with one attached hydrogen (secondary N) is 1. The number of amides is 1. The lowest BCUT2D eigenvalue weighted by Crippen LogP contribution is -2.49. The van der Waals surface area contributed by atoms with Gasteiger partial charge in [0.05, 0.1) is 21.3 Å². The maximum absolute atomic E-state index is 13.3. The highest BCUT2D eigenvalue weighted by Crippen LogP contribution is 2.43. The van der Waals surface area contributed by atoms with Crippen LogP contribution in [-0.2, 0) is 0 Å². The Labute approximate surface area is 239 Å². The van der Waals surface area contributed by atoms with Crippen molar-refractivity contribution in [3.05, 3.63) is 54.2 Å². The average molecular weight is 586 g/mol. The van der Waals surface area contributed by atoms with Gasteiger partial charge in [0.15, 0.2) is 17.1 Å². The molecule has 0 radical (unpaired) electrons. The summed E-state index contributed by atoms with van der Waals surface area (Å²) in [4.78, 5) is 17.6. The fraction of sp³-hybridized carbons (Fsp3) is 0.333. The zero-order valence-electron chi connectivity index (χ0n) is 23.2. The molecule has 4 aromatic rings. The zero-order valence-corrected chi connectivity index (χ0v) is 23.2. The van der Waals surface area contributed by atoms with E-state index < -0.39 is 18.0 Å². The van der Waals surface area contributed by atoms with Gasteiger partial charge < -0.3 is 34.4 Å². The Bertz CT molecular complexity index is 1580. The Morgan fingerprint density at radius 1 is 0.976 bits per heavy atom. The van der Waals surface area contributed by atoms with Crippen LogP contribution in [0.1, 0.15) is 36.0 Å².